The van der Waals surface area contributed by atoms with Crippen LogP contribution in [0.4, 0.5) is 0 Å². The largest absolute Gasteiger partial charge is 0.395 e. The van der Waals surface area contributed by atoms with Gasteiger partial charge in [-0.3, -0.25) is 4.57 Å². The monoisotopic (exact) mass is 140 g/mol. The highest BCUT2D eigenvalue weighted by atomic mass is 16.3. The lowest BCUT2D eigenvalue weighted by Gasteiger charge is -1.97. The second-order valence-corrected chi connectivity index (χ2v) is 1.82. The smallest absolute Gasteiger partial charge is 0.347 e. The van der Waals surface area contributed by atoms with Crippen LogP contribution >= 0.6 is 0 Å². The highest BCUT2D eigenvalue weighted by molar-refractivity contribution is 4.80. The molecule has 0 saturated heterocycles. The van der Waals surface area contributed by atoms with Gasteiger partial charge < -0.3 is 5.11 Å². The number of rotatable bonds is 2. The molecule has 4 heteroatoms. The van der Waals surface area contributed by atoms with E-state index in [4.69, 9.17) is 5.11 Å². The van der Waals surface area contributed by atoms with Gasteiger partial charge in [-0.05, 0) is 6.07 Å². The van der Waals surface area contributed by atoms with E-state index in [-0.39, 0.29) is 12.3 Å². The summed E-state index contributed by atoms with van der Waals surface area (Å²) in [7, 11) is 0. The van der Waals surface area contributed by atoms with E-state index in [2.05, 4.69) is 4.98 Å². The van der Waals surface area contributed by atoms with Crippen LogP contribution in [-0.2, 0) is 6.54 Å². The molecule has 0 unspecified atom stereocenters. The molecule has 4 nitrogen and oxygen atoms in total. The van der Waals surface area contributed by atoms with Crippen molar-refractivity contribution in [2.75, 3.05) is 6.61 Å². The quantitative estimate of drug-likeness (QED) is 0.587. The molecule has 0 saturated carbocycles. The third-order valence-corrected chi connectivity index (χ3v) is 1.12. The minimum absolute atomic E-state index is 0.0361. The number of aliphatic hydroxyl groups is 1. The maximum Gasteiger partial charge on any atom is 0.347 e. The lowest BCUT2D eigenvalue weighted by Crippen LogP contribution is -2.22. The van der Waals surface area contributed by atoms with Crippen LogP contribution in [0.2, 0.25) is 0 Å². The molecular formula is C6H8N2O2. The maximum atomic E-state index is 10.7. The minimum Gasteiger partial charge on any atom is -0.395 e. The van der Waals surface area contributed by atoms with E-state index in [0.717, 1.165) is 0 Å². The summed E-state index contributed by atoms with van der Waals surface area (Å²) in [5.41, 5.74) is -0.323. The van der Waals surface area contributed by atoms with Gasteiger partial charge in [0.2, 0.25) is 0 Å². The number of aromatic nitrogens is 2. The molecule has 0 atom stereocenters. The number of hydrogen-bond acceptors (Lipinski definition) is 3. The number of nitrogens with zero attached hydrogens (tertiary/aromatic N) is 2. The fourth-order valence-electron chi connectivity index (χ4n) is 0.665. The van der Waals surface area contributed by atoms with Crippen molar-refractivity contribution in [2.24, 2.45) is 0 Å². The van der Waals surface area contributed by atoms with Gasteiger partial charge >= 0.3 is 5.69 Å². The first kappa shape index (κ1) is 6.95. The zero-order chi connectivity index (χ0) is 7.40. The zero-order valence-electron chi connectivity index (χ0n) is 5.40. The van der Waals surface area contributed by atoms with E-state index in [1.54, 1.807) is 12.3 Å². The lowest BCUT2D eigenvalue weighted by molar-refractivity contribution is 0.273. The summed E-state index contributed by atoms with van der Waals surface area (Å²) in [6, 6.07) is 1.65. The minimum atomic E-state index is -0.323. The van der Waals surface area contributed by atoms with Crippen molar-refractivity contribution in [1.82, 2.24) is 9.55 Å². The summed E-state index contributed by atoms with van der Waals surface area (Å²) < 4.78 is 1.35. The van der Waals surface area contributed by atoms with E-state index < -0.39 is 0 Å². The Morgan fingerprint density at radius 2 is 2.50 bits per heavy atom. The molecule has 1 rings (SSSR count). The Hall–Kier alpha value is -1.16. The van der Waals surface area contributed by atoms with Crippen molar-refractivity contribution < 1.29 is 5.11 Å². The SMILES string of the molecule is O=c1ncccn1CCO. The second-order valence-electron chi connectivity index (χ2n) is 1.82. The summed E-state index contributed by atoms with van der Waals surface area (Å²) in [6.45, 7) is 0.276. The number of hydrogen-bond donors (Lipinski definition) is 1. The van der Waals surface area contributed by atoms with Crippen molar-refractivity contribution in [3.63, 3.8) is 0 Å². The van der Waals surface area contributed by atoms with Gasteiger partial charge in [0.25, 0.3) is 0 Å². The van der Waals surface area contributed by atoms with Crippen molar-refractivity contribution in [3.8, 4) is 0 Å². The average molecular weight is 140 g/mol. The summed E-state index contributed by atoms with van der Waals surface area (Å²) in [4.78, 5) is 14.2. The molecule has 0 amide bonds. The molecule has 10 heavy (non-hydrogen) atoms. The topological polar surface area (TPSA) is 55.1 Å². The first-order valence-electron chi connectivity index (χ1n) is 2.97. The van der Waals surface area contributed by atoms with E-state index in [1.807, 2.05) is 0 Å². The maximum absolute atomic E-state index is 10.7. The summed E-state index contributed by atoms with van der Waals surface area (Å²) in [5.74, 6) is 0. The molecule has 0 spiro atoms. The summed E-state index contributed by atoms with van der Waals surface area (Å²) >= 11 is 0. The van der Waals surface area contributed by atoms with Gasteiger partial charge in [0.1, 0.15) is 0 Å². The van der Waals surface area contributed by atoms with Crippen LogP contribution in [0.25, 0.3) is 0 Å². The van der Waals surface area contributed by atoms with E-state index in [0.29, 0.717) is 6.54 Å². The molecule has 0 bridgehead atoms. The van der Waals surface area contributed by atoms with Crippen LogP contribution in [-0.4, -0.2) is 21.3 Å². The highest BCUT2D eigenvalue weighted by Crippen LogP contribution is 1.76. The summed E-state index contributed by atoms with van der Waals surface area (Å²) in [6.07, 6.45) is 3.02. The van der Waals surface area contributed by atoms with Crippen LogP contribution in [0.5, 0.6) is 0 Å². The van der Waals surface area contributed by atoms with Gasteiger partial charge in [-0.2, -0.15) is 0 Å². The molecule has 0 aliphatic rings. The first-order chi connectivity index (χ1) is 4.84. The molecule has 1 heterocycles. The van der Waals surface area contributed by atoms with Gasteiger partial charge in [-0.25, -0.2) is 9.78 Å². The Bertz CT molecular complexity index is 256. The molecule has 0 fully saturated rings. The standard InChI is InChI=1S/C6H8N2O2/c9-5-4-8-3-1-2-7-6(8)10/h1-3,9H,4-5H2. The predicted octanol–water partition coefficient (Wildman–Crippen LogP) is -0.764. The van der Waals surface area contributed by atoms with E-state index in [9.17, 15) is 4.79 Å². The molecular weight excluding hydrogens is 132 g/mol. The first-order valence-corrected chi connectivity index (χ1v) is 2.97. The third-order valence-electron chi connectivity index (χ3n) is 1.12. The lowest BCUT2D eigenvalue weighted by atomic mass is 10.6. The molecule has 1 N–H and O–H groups in total. The average Bonchev–Trinajstić information content (AvgIpc) is 1.94. The molecule has 1 aromatic rings. The number of aliphatic hydroxyl groups excluding tert-OH is 1. The van der Waals surface area contributed by atoms with Gasteiger partial charge in [0, 0.05) is 12.4 Å². The predicted molar refractivity (Wildman–Crippen MR) is 35.6 cm³/mol. The third kappa shape index (κ3) is 1.41. The molecule has 0 aliphatic carbocycles. The molecule has 1 aromatic heterocycles. The Labute approximate surface area is 57.8 Å². The van der Waals surface area contributed by atoms with E-state index in [1.165, 1.54) is 10.8 Å². The van der Waals surface area contributed by atoms with Crippen LogP contribution in [0.15, 0.2) is 23.3 Å². The van der Waals surface area contributed by atoms with Crippen LogP contribution < -0.4 is 5.69 Å². The van der Waals surface area contributed by atoms with Crippen LogP contribution in [0, 0.1) is 0 Å². The van der Waals surface area contributed by atoms with Gasteiger partial charge in [0.05, 0.1) is 13.2 Å². The van der Waals surface area contributed by atoms with Crippen molar-refractivity contribution in [1.29, 1.82) is 0 Å². The van der Waals surface area contributed by atoms with Crippen molar-refractivity contribution in [2.45, 2.75) is 6.54 Å². The Morgan fingerprint density at radius 3 is 3.10 bits per heavy atom. The Kier molecular flexibility index (Phi) is 2.17. The fourth-order valence-corrected chi connectivity index (χ4v) is 0.665. The summed E-state index contributed by atoms with van der Waals surface area (Å²) in [5, 5.41) is 8.46. The zero-order valence-corrected chi connectivity index (χ0v) is 5.40. The normalized spacial score (nSPS) is 9.70. The van der Waals surface area contributed by atoms with E-state index >= 15 is 0 Å². The van der Waals surface area contributed by atoms with Crippen molar-refractivity contribution >= 4 is 0 Å². The van der Waals surface area contributed by atoms with Gasteiger partial charge in [-0.1, -0.05) is 0 Å². The van der Waals surface area contributed by atoms with Crippen LogP contribution in [0.3, 0.4) is 0 Å². The Morgan fingerprint density at radius 1 is 1.70 bits per heavy atom. The van der Waals surface area contributed by atoms with Crippen molar-refractivity contribution in [3.05, 3.63) is 28.9 Å². The molecule has 0 radical (unpaired) electrons. The molecule has 54 valence electrons. The molecule has 0 aliphatic heterocycles. The highest BCUT2D eigenvalue weighted by Gasteiger charge is 1.90. The van der Waals surface area contributed by atoms with Gasteiger partial charge in [-0.15, -0.1) is 0 Å². The Balaban J connectivity index is 2.92. The fraction of sp³-hybridized carbons (Fsp3) is 0.333. The van der Waals surface area contributed by atoms with Gasteiger partial charge in [0.15, 0.2) is 0 Å². The molecule has 0 aromatic carbocycles. The van der Waals surface area contributed by atoms with Crippen LogP contribution in [0.1, 0.15) is 0 Å². The second kappa shape index (κ2) is 3.12.